The van der Waals surface area contributed by atoms with E-state index in [2.05, 4.69) is 42.5 Å². The minimum Gasteiger partial charge on any atom is -0.324 e. The molecule has 1 aromatic carbocycles. The Bertz CT molecular complexity index is 359. The summed E-state index contributed by atoms with van der Waals surface area (Å²) in [7, 11) is 0. The molecule has 0 saturated heterocycles. The highest BCUT2D eigenvalue weighted by Gasteiger charge is 2.07. The van der Waals surface area contributed by atoms with E-state index in [1.807, 2.05) is 0 Å². The molecule has 0 spiro atoms. The molecule has 0 aromatic heterocycles. The quantitative estimate of drug-likeness (QED) is 0.820. The molecular formula is C10H10Br2N2O2. The van der Waals surface area contributed by atoms with E-state index in [1.165, 1.54) is 0 Å². The van der Waals surface area contributed by atoms with Crippen molar-refractivity contribution in [3.8, 4) is 0 Å². The first kappa shape index (κ1) is 13.2. The van der Waals surface area contributed by atoms with E-state index >= 15 is 0 Å². The van der Waals surface area contributed by atoms with Gasteiger partial charge in [0.15, 0.2) is 0 Å². The number of anilines is 2. The third kappa shape index (κ3) is 3.94. The van der Waals surface area contributed by atoms with Crippen molar-refractivity contribution < 1.29 is 9.59 Å². The maximum Gasteiger partial charge on any atom is 0.235 e. The second-order valence-corrected chi connectivity index (χ2v) is 4.03. The van der Waals surface area contributed by atoms with Crippen LogP contribution in [0.2, 0.25) is 0 Å². The molecule has 0 bridgehead atoms. The summed E-state index contributed by atoms with van der Waals surface area (Å²) >= 11 is 6.11. The van der Waals surface area contributed by atoms with Crippen molar-refractivity contribution in [2.24, 2.45) is 0 Å². The summed E-state index contributed by atoms with van der Waals surface area (Å²) in [5.74, 6) is -0.332. The van der Waals surface area contributed by atoms with E-state index in [0.29, 0.717) is 11.4 Å². The molecule has 0 aliphatic carbocycles. The maximum atomic E-state index is 11.2. The Labute approximate surface area is 110 Å². The van der Waals surface area contributed by atoms with Gasteiger partial charge in [0.05, 0.1) is 22.0 Å². The predicted octanol–water partition coefficient (Wildman–Crippen LogP) is 2.35. The summed E-state index contributed by atoms with van der Waals surface area (Å²) in [5.41, 5.74) is 1.17. The van der Waals surface area contributed by atoms with Gasteiger partial charge in [-0.1, -0.05) is 44.0 Å². The van der Waals surface area contributed by atoms with Gasteiger partial charge in [0.25, 0.3) is 0 Å². The van der Waals surface area contributed by atoms with Crippen molar-refractivity contribution in [1.82, 2.24) is 0 Å². The van der Waals surface area contributed by atoms with Crippen LogP contribution >= 0.6 is 31.9 Å². The van der Waals surface area contributed by atoms with E-state index < -0.39 is 0 Å². The van der Waals surface area contributed by atoms with E-state index in [9.17, 15) is 9.59 Å². The number of alkyl halides is 2. The molecule has 86 valence electrons. The van der Waals surface area contributed by atoms with Gasteiger partial charge in [-0.15, -0.1) is 0 Å². The predicted molar refractivity (Wildman–Crippen MR) is 71.3 cm³/mol. The lowest BCUT2D eigenvalue weighted by atomic mass is 10.2. The summed E-state index contributed by atoms with van der Waals surface area (Å²) in [6.45, 7) is 0. The van der Waals surface area contributed by atoms with E-state index in [0.717, 1.165) is 0 Å². The first-order valence-corrected chi connectivity index (χ1v) is 6.72. The van der Waals surface area contributed by atoms with E-state index in [4.69, 9.17) is 0 Å². The monoisotopic (exact) mass is 348 g/mol. The lowest BCUT2D eigenvalue weighted by Gasteiger charge is -2.10. The SMILES string of the molecule is O=C(CBr)Nc1ccccc1NC(=O)CBr. The van der Waals surface area contributed by atoms with Crippen LogP contribution in [0.15, 0.2) is 24.3 Å². The molecule has 0 unspecified atom stereocenters. The largest absolute Gasteiger partial charge is 0.324 e. The average molecular weight is 350 g/mol. The number of halogens is 2. The van der Waals surface area contributed by atoms with Crippen molar-refractivity contribution in [3.63, 3.8) is 0 Å². The highest BCUT2D eigenvalue weighted by atomic mass is 79.9. The Kier molecular flexibility index (Phi) is 5.48. The number of hydrogen-bond donors (Lipinski definition) is 2. The molecule has 1 rings (SSSR count). The molecule has 0 atom stereocenters. The number of rotatable bonds is 4. The zero-order chi connectivity index (χ0) is 12.0. The molecule has 2 N–H and O–H groups in total. The van der Waals surface area contributed by atoms with Gasteiger partial charge in [-0.05, 0) is 12.1 Å². The Morgan fingerprint density at radius 3 is 1.62 bits per heavy atom. The van der Waals surface area contributed by atoms with Crippen LogP contribution in [-0.4, -0.2) is 22.5 Å². The zero-order valence-electron chi connectivity index (χ0n) is 8.30. The minimum absolute atomic E-state index is 0.166. The van der Waals surface area contributed by atoms with Gasteiger partial charge < -0.3 is 10.6 Å². The van der Waals surface area contributed by atoms with E-state index in [-0.39, 0.29) is 22.5 Å². The standard InChI is InChI=1S/C10H10Br2N2O2/c11-5-9(15)13-7-3-1-2-4-8(7)14-10(16)6-12/h1-4H,5-6H2,(H,13,15)(H,14,16). The summed E-state index contributed by atoms with van der Waals surface area (Å²) in [6.07, 6.45) is 0. The van der Waals surface area contributed by atoms with Crippen molar-refractivity contribution in [3.05, 3.63) is 24.3 Å². The number of para-hydroxylation sites is 2. The fraction of sp³-hybridized carbons (Fsp3) is 0.200. The van der Waals surface area contributed by atoms with Crippen LogP contribution in [0, 0.1) is 0 Å². The fourth-order valence-corrected chi connectivity index (χ4v) is 1.35. The average Bonchev–Trinajstić information content (AvgIpc) is 2.31. The Hall–Kier alpha value is -0.880. The van der Waals surface area contributed by atoms with Gasteiger partial charge in [0.1, 0.15) is 0 Å². The van der Waals surface area contributed by atoms with Gasteiger partial charge >= 0.3 is 0 Å². The summed E-state index contributed by atoms with van der Waals surface area (Å²) < 4.78 is 0. The van der Waals surface area contributed by atoms with Crippen LogP contribution in [0.5, 0.6) is 0 Å². The van der Waals surface area contributed by atoms with E-state index in [1.54, 1.807) is 24.3 Å². The Morgan fingerprint density at radius 2 is 1.31 bits per heavy atom. The van der Waals surface area contributed by atoms with Crippen LogP contribution in [-0.2, 0) is 9.59 Å². The second kappa shape index (κ2) is 6.65. The Balaban J connectivity index is 2.83. The lowest BCUT2D eigenvalue weighted by Crippen LogP contribution is -2.17. The second-order valence-electron chi connectivity index (χ2n) is 2.91. The summed E-state index contributed by atoms with van der Waals surface area (Å²) in [4.78, 5) is 22.4. The minimum atomic E-state index is -0.166. The first-order chi connectivity index (χ1) is 7.67. The molecular weight excluding hydrogens is 340 g/mol. The van der Waals surface area contributed by atoms with Gasteiger partial charge in [-0.2, -0.15) is 0 Å². The van der Waals surface area contributed by atoms with Gasteiger partial charge in [0, 0.05) is 0 Å². The van der Waals surface area contributed by atoms with Crippen LogP contribution < -0.4 is 10.6 Å². The van der Waals surface area contributed by atoms with Crippen LogP contribution in [0.1, 0.15) is 0 Å². The number of carbonyl (C=O) groups excluding carboxylic acids is 2. The molecule has 6 heteroatoms. The van der Waals surface area contributed by atoms with Crippen molar-refractivity contribution in [2.75, 3.05) is 21.3 Å². The highest BCUT2D eigenvalue weighted by Crippen LogP contribution is 2.20. The molecule has 0 aliphatic heterocycles. The smallest absolute Gasteiger partial charge is 0.235 e. The molecule has 0 heterocycles. The molecule has 2 amide bonds. The fourth-order valence-electron chi connectivity index (χ4n) is 1.07. The van der Waals surface area contributed by atoms with Gasteiger partial charge in [-0.3, -0.25) is 9.59 Å². The Morgan fingerprint density at radius 1 is 0.938 bits per heavy atom. The normalized spacial score (nSPS) is 9.62. The summed E-state index contributed by atoms with van der Waals surface area (Å²) in [5, 5.41) is 5.78. The number of carbonyl (C=O) groups is 2. The molecule has 16 heavy (non-hydrogen) atoms. The molecule has 0 saturated carbocycles. The van der Waals surface area contributed by atoms with Crippen LogP contribution in [0.4, 0.5) is 11.4 Å². The van der Waals surface area contributed by atoms with Crippen molar-refractivity contribution >= 4 is 55.0 Å². The maximum absolute atomic E-state index is 11.2. The lowest BCUT2D eigenvalue weighted by molar-refractivity contribution is -0.114. The topological polar surface area (TPSA) is 58.2 Å². The first-order valence-electron chi connectivity index (χ1n) is 4.48. The highest BCUT2D eigenvalue weighted by molar-refractivity contribution is 9.09. The van der Waals surface area contributed by atoms with Gasteiger partial charge in [0.2, 0.25) is 11.8 Å². The van der Waals surface area contributed by atoms with Crippen molar-refractivity contribution in [1.29, 1.82) is 0 Å². The number of hydrogen-bond acceptors (Lipinski definition) is 2. The van der Waals surface area contributed by atoms with Crippen molar-refractivity contribution in [2.45, 2.75) is 0 Å². The number of nitrogens with one attached hydrogen (secondary N) is 2. The molecule has 0 radical (unpaired) electrons. The molecule has 0 aliphatic rings. The number of benzene rings is 1. The zero-order valence-corrected chi connectivity index (χ0v) is 11.5. The molecule has 0 fully saturated rings. The third-order valence-electron chi connectivity index (χ3n) is 1.72. The van der Waals surface area contributed by atoms with Gasteiger partial charge in [-0.25, -0.2) is 0 Å². The molecule has 1 aromatic rings. The molecule has 4 nitrogen and oxygen atoms in total. The number of amides is 2. The summed E-state index contributed by atoms with van der Waals surface area (Å²) in [6, 6.07) is 7.02. The van der Waals surface area contributed by atoms with Crippen LogP contribution in [0.25, 0.3) is 0 Å². The van der Waals surface area contributed by atoms with Crippen LogP contribution in [0.3, 0.4) is 0 Å². The third-order valence-corrected chi connectivity index (χ3v) is 2.74.